The molecule has 0 bridgehead atoms. The molecule has 0 aromatic rings. The van der Waals surface area contributed by atoms with Crippen molar-refractivity contribution >= 4 is 6.09 Å². The van der Waals surface area contributed by atoms with Crippen LogP contribution in [0.3, 0.4) is 0 Å². The molecule has 0 heterocycles. The Morgan fingerprint density at radius 1 is 1.78 bits per heavy atom. The zero-order valence-electron chi connectivity index (χ0n) is 5.68. The van der Waals surface area contributed by atoms with Crippen LogP contribution in [0.2, 0.25) is 0 Å². The third-order valence-electron chi connectivity index (χ3n) is 0.643. The van der Waals surface area contributed by atoms with Gasteiger partial charge in [0.05, 0.1) is 6.61 Å². The minimum absolute atomic E-state index is 0.406. The summed E-state index contributed by atoms with van der Waals surface area (Å²) in [6.45, 7) is 3.98. The van der Waals surface area contributed by atoms with Crippen LogP contribution in [-0.2, 0) is 4.74 Å². The third-order valence-corrected chi connectivity index (χ3v) is 0.643. The lowest BCUT2D eigenvalue weighted by molar-refractivity contribution is 0.156. The van der Waals surface area contributed by atoms with Gasteiger partial charge < -0.3 is 4.74 Å². The van der Waals surface area contributed by atoms with Crippen LogP contribution >= 0.6 is 0 Å². The van der Waals surface area contributed by atoms with E-state index in [4.69, 9.17) is 0 Å². The number of nitrogens with one attached hydrogen (secondary N) is 1. The van der Waals surface area contributed by atoms with Gasteiger partial charge >= 0.3 is 6.09 Å². The van der Waals surface area contributed by atoms with Gasteiger partial charge in [0.15, 0.2) is 0 Å². The first-order valence-corrected chi connectivity index (χ1v) is 2.85. The van der Waals surface area contributed by atoms with E-state index in [1.165, 1.54) is 6.20 Å². The van der Waals surface area contributed by atoms with Gasteiger partial charge in [-0.3, -0.25) is 5.32 Å². The summed E-state index contributed by atoms with van der Waals surface area (Å²) in [5.41, 5.74) is 0. The standard InChI is InChI=1S/C6H11NO2/c1-3-5-7-6(8)9-4-2/h3,5H,4H2,1-2H3,(H,7,8). The minimum atomic E-state index is -0.407. The molecule has 0 rings (SSSR count). The largest absolute Gasteiger partial charge is 0.450 e. The number of amides is 1. The molecule has 0 aliphatic carbocycles. The van der Waals surface area contributed by atoms with Crippen LogP contribution in [0.4, 0.5) is 4.79 Å². The maximum Gasteiger partial charge on any atom is 0.411 e. The van der Waals surface area contributed by atoms with E-state index in [1.807, 2.05) is 6.92 Å². The summed E-state index contributed by atoms with van der Waals surface area (Å²) >= 11 is 0. The molecule has 3 nitrogen and oxygen atoms in total. The highest BCUT2D eigenvalue weighted by atomic mass is 16.5. The molecular weight excluding hydrogens is 118 g/mol. The average Bonchev–Trinajstić information content (AvgIpc) is 1.85. The molecule has 0 aromatic heterocycles. The molecule has 3 heteroatoms. The lowest BCUT2D eigenvalue weighted by Gasteiger charge is -1.97. The van der Waals surface area contributed by atoms with Gasteiger partial charge in [0, 0.05) is 6.20 Å². The van der Waals surface area contributed by atoms with Crippen LogP contribution in [0.15, 0.2) is 12.3 Å². The summed E-state index contributed by atoms with van der Waals surface area (Å²) < 4.78 is 4.54. The second kappa shape index (κ2) is 5.15. The van der Waals surface area contributed by atoms with E-state index in [1.54, 1.807) is 13.0 Å². The van der Waals surface area contributed by atoms with Gasteiger partial charge in [0.2, 0.25) is 0 Å². The molecule has 0 fully saturated rings. The van der Waals surface area contributed by atoms with Crippen LogP contribution in [0.25, 0.3) is 0 Å². The Labute approximate surface area is 54.7 Å². The first-order valence-electron chi connectivity index (χ1n) is 2.85. The zero-order chi connectivity index (χ0) is 7.11. The number of ether oxygens (including phenoxy) is 1. The van der Waals surface area contributed by atoms with Crippen LogP contribution in [0, 0.1) is 0 Å². The predicted octanol–water partition coefficient (Wildman–Crippen LogP) is 1.27. The highest BCUT2D eigenvalue weighted by Crippen LogP contribution is 1.74. The molecule has 0 aromatic carbocycles. The summed E-state index contributed by atoms with van der Waals surface area (Å²) in [6.07, 6.45) is 2.84. The molecule has 0 aliphatic heterocycles. The molecule has 1 amide bonds. The van der Waals surface area contributed by atoms with E-state index in [-0.39, 0.29) is 0 Å². The molecule has 9 heavy (non-hydrogen) atoms. The maximum absolute atomic E-state index is 10.4. The number of hydrogen-bond donors (Lipinski definition) is 1. The Kier molecular flexibility index (Phi) is 4.59. The number of hydrogen-bond acceptors (Lipinski definition) is 2. The fraction of sp³-hybridized carbons (Fsp3) is 0.500. The normalized spacial score (nSPS) is 9.56. The Bertz CT molecular complexity index is 110. The van der Waals surface area contributed by atoms with E-state index in [9.17, 15) is 4.79 Å². The summed E-state index contributed by atoms with van der Waals surface area (Å²) in [5, 5.41) is 2.39. The highest BCUT2D eigenvalue weighted by molar-refractivity contribution is 5.68. The molecule has 0 aliphatic rings. The van der Waals surface area contributed by atoms with Crippen molar-refractivity contribution in [3.63, 3.8) is 0 Å². The highest BCUT2D eigenvalue weighted by Gasteiger charge is 1.91. The number of carbonyl (C=O) groups is 1. The Morgan fingerprint density at radius 2 is 2.44 bits per heavy atom. The van der Waals surface area contributed by atoms with Crippen molar-refractivity contribution in [1.82, 2.24) is 5.32 Å². The Balaban J connectivity index is 3.27. The lowest BCUT2D eigenvalue weighted by atomic mass is 10.7. The minimum Gasteiger partial charge on any atom is -0.450 e. The number of allylic oxidation sites excluding steroid dienone is 1. The molecule has 1 N–H and O–H groups in total. The van der Waals surface area contributed by atoms with Crippen LogP contribution in [-0.4, -0.2) is 12.7 Å². The topological polar surface area (TPSA) is 38.3 Å². The zero-order valence-corrected chi connectivity index (χ0v) is 5.68. The van der Waals surface area contributed by atoms with Gasteiger partial charge in [0.25, 0.3) is 0 Å². The fourth-order valence-electron chi connectivity index (χ4n) is 0.324. The van der Waals surface area contributed by atoms with E-state index in [0.29, 0.717) is 6.61 Å². The molecule has 0 saturated carbocycles. The quantitative estimate of drug-likeness (QED) is 0.609. The first-order chi connectivity index (χ1) is 4.31. The number of carbonyl (C=O) groups excluding carboxylic acids is 1. The van der Waals surface area contributed by atoms with Crippen molar-refractivity contribution in [3.05, 3.63) is 12.3 Å². The summed E-state index contributed by atoms with van der Waals surface area (Å²) in [4.78, 5) is 10.4. The SMILES string of the molecule is CC=CNC(=O)OCC. The molecule has 0 unspecified atom stereocenters. The molecule has 0 spiro atoms. The average molecular weight is 129 g/mol. The second-order valence-corrected chi connectivity index (χ2v) is 1.36. The lowest BCUT2D eigenvalue weighted by Crippen LogP contribution is -2.17. The Hall–Kier alpha value is -0.990. The monoisotopic (exact) mass is 129 g/mol. The maximum atomic E-state index is 10.4. The summed E-state index contributed by atoms with van der Waals surface area (Å²) in [5.74, 6) is 0. The number of rotatable bonds is 2. The van der Waals surface area contributed by atoms with Crippen molar-refractivity contribution in [3.8, 4) is 0 Å². The molecule has 0 saturated heterocycles. The van der Waals surface area contributed by atoms with Crippen LogP contribution in [0.1, 0.15) is 13.8 Å². The molecular formula is C6H11NO2. The van der Waals surface area contributed by atoms with Gasteiger partial charge in [-0.1, -0.05) is 6.08 Å². The van der Waals surface area contributed by atoms with Crippen molar-refractivity contribution in [2.75, 3.05) is 6.61 Å². The number of alkyl carbamates (subject to hydrolysis) is 1. The Morgan fingerprint density at radius 3 is 2.89 bits per heavy atom. The van der Waals surface area contributed by atoms with Gasteiger partial charge in [-0.2, -0.15) is 0 Å². The van der Waals surface area contributed by atoms with E-state index in [0.717, 1.165) is 0 Å². The van der Waals surface area contributed by atoms with Crippen molar-refractivity contribution < 1.29 is 9.53 Å². The van der Waals surface area contributed by atoms with Crippen molar-refractivity contribution in [2.45, 2.75) is 13.8 Å². The van der Waals surface area contributed by atoms with Gasteiger partial charge in [0.1, 0.15) is 0 Å². The third kappa shape index (κ3) is 4.87. The molecule has 0 atom stereocenters. The first kappa shape index (κ1) is 8.01. The second-order valence-electron chi connectivity index (χ2n) is 1.36. The summed E-state index contributed by atoms with van der Waals surface area (Å²) in [6, 6.07) is 0. The van der Waals surface area contributed by atoms with Crippen molar-refractivity contribution in [2.24, 2.45) is 0 Å². The van der Waals surface area contributed by atoms with Gasteiger partial charge in [-0.15, -0.1) is 0 Å². The van der Waals surface area contributed by atoms with E-state index >= 15 is 0 Å². The van der Waals surface area contributed by atoms with Crippen LogP contribution in [0.5, 0.6) is 0 Å². The van der Waals surface area contributed by atoms with Gasteiger partial charge in [-0.05, 0) is 13.8 Å². The predicted molar refractivity (Wildman–Crippen MR) is 35.0 cm³/mol. The fourth-order valence-corrected chi connectivity index (χ4v) is 0.324. The van der Waals surface area contributed by atoms with Crippen molar-refractivity contribution in [1.29, 1.82) is 0 Å². The van der Waals surface area contributed by atoms with E-state index in [2.05, 4.69) is 10.1 Å². The molecule has 52 valence electrons. The van der Waals surface area contributed by atoms with Gasteiger partial charge in [-0.25, -0.2) is 4.79 Å². The van der Waals surface area contributed by atoms with Crippen LogP contribution < -0.4 is 5.32 Å². The van der Waals surface area contributed by atoms with E-state index < -0.39 is 6.09 Å². The summed E-state index contributed by atoms with van der Waals surface area (Å²) in [7, 11) is 0. The smallest absolute Gasteiger partial charge is 0.411 e. The molecule has 0 radical (unpaired) electrons.